The van der Waals surface area contributed by atoms with Crippen molar-refractivity contribution in [3.63, 3.8) is 0 Å². The number of allylic oxidation sites excluding steroid dienone is 1. The second-order valence-electron chi connectivity index (χ2n) is 7.76. The molecule has 1 atom stereocenters. The Bertz CT molecular complexity index is 1110. The van der Waals surface area contributed by atoms with E-state index in [1.54, 1.807) is 6.07 Å². The summed E-state index contributed by atoms with van der Waals surface area (Å²) in [7, 11) is 1.54. The molecule has 0 saturated heterocycles. The van der Waals surface area contributed by atoms with Gasteiger partial charge in [-0.15, -0.1) is 0 Å². The van der Waals surface area contributed by atoms with Crippen LogP contribution < -0.4 is 25.4 Å². The number of methoxy groups -OCH3 is 1. The van der Waals surface area contributed by atoms with Gasteiger partial charge in [0.2, 0.25) is 0 Å². The number of carbonyl (C=O) groups excluding carboxylic acids is 2. The molecule has 0 fully saturated rings. The third-order valence-corrected chi connectivity index (χ3v) is 5.80. The molecule has 2 aliphatic rings. The molecule has 0 unspecified atom stereocenters. The minimum atomic E-state index is -0.348. The maximum atomic E-state index is 12.6. The van der Waals surface area contributed by atoms with Crippen LogP contribution >= 0.6 is 12.2 Å². The lowest BCUT2D eigenvalue weighted by atomic mass is 9.85. The zero-order valence-electron chi connectivity index (χ0n) is 18.0. The molecule has 7 nitrogen and oxygen atoms in total. The molecule has 1 amide bonds. The number of Topliss-reactive ketones (excluding diaryl/α,β-unsaturated/α-hetero) is 1. The van der Waals surface area contributed by atoms with E-state index in [0.29, 0.717) is 23.0 Å². The summed E-state index contributed by atoms with van der Waals surface area (Å²) in [6, 6.07) is 12.6. The highest BCUT2D eigenvalue weighted by molar-refractivity contribution is 7.80. The molecule has 32 heavy (non-hydrogen) atoms. The van der Waals surface area contributed by atoms with Gasteiger partial charge in [0, 0.05) is 23.4 Å². The Morgan fingerprint density at radius 3 is 2.78 bits per heavy atom. The monoisotopic (exact) mass is 451 g/mol. The first kappa shape index (κ1) is 21.8. The Balaban J connectivity index is 1.50. The van der Waals surface area contributed by atoms with Crippen LogP contribution in [0.15, 0.2) is 53.7 Å². The van der Waals surface area contributed by atoms with Gasteiger partial charge in [0.1, 0.15) is 0 Å². The van der Waals surface area contributed by atoms with E-state index in [9.17, 15) is 9.59 Å². The van der Waals surface area contributed by atoms with Gasteiger partial charge >= 0.3 is 0 Å². The normalized spacial score (nSPS) is 17.8. The van der Waals surface area contributed by atoms with Crippen LogP contribution in [0.3, 0.4) is 0 Å². The number of para-hydroxylation sites is 1. The van der Waals surface area contributed by atoms with Gasteiger partial charge in [0.05, 0.1) is 13.2 Å². The van der Waals surface area contributed by atoms with E-state index in [-0.39, 0.29) is 24.3 Å². The summed E-state index contributed by atoms with van der Waals surface area (Å²) in [6.45, 7) is 1.77. The van der Waals surface area contributed by atoms with Gasteiger partial charge in [-0.2, -0.15) is 0 Å². The van der Waals surface area contributed by atoms with Crippen molar-refractivity contribution in [3.8, 4) is 11.5 Å². The summed E-state index contributed by atoms with van der Waals surface area (Å²) < 4.78 is 11.2. The van der Waals surface area contributed by atoms with Crippen LogP contribution in [0.1, 0.15) is 36.4 Å². The van der Waals surface area contributed by atoms with Crippen LogP contribution in [0.5, 0.6) is 11.5 Å². The Morgan fingerprint density at radius 2 is 2.00 bits per heavy atom. The second kappa shape index (κ2) is 9.40. The van der Waals surface area contributed by atoms with Gasteiger partial charge in [-0.25, -0.2) is 0 Å². The molecule has 1 heterocycles. The number of amides is 1. The second-order valence-corrected chi connectivity index (χ2v) is 8.17. The Kier molecular flexibility index (Phi) is 6.41. The van der Waals surface area contributed by atoms with Crippen LogP contribution in [0, 0.1) is 6.92 Å². The molecular weight excluding hydrogens is 426 g/mol. The van der Waals surface area contributed by atoms with Crippen LogP contribution in [0.25, 0.3) is 0 Å². The SMILES string of the molecule is COc1cc([C@H]2NC(=S)NC3=C2C(=O)CCC3)ccc1OCC(=O)Nc1ccccc1C. The number of carbonyl (C=O) groups is 2. The van der Waals surface area contributed by atoms with Crippen molar-refractivity contribution >= 4 is 34.7 Å². The minimum absolute atomic E-state index is 0.117. The number of ketones is 1. The number of benzene rings is 2. The predicted molar refractivity (Wildman–Crippen MR) is 126 cm³/mol. The van der Waals surface area contributed by atoms with Crippen molar-refractivity contribution in [2.75, 3.05) is 19.0 Å². The van der Waals surface area contributed by atoms with E-state index in [1.165, 1.54) is 7.11 Å². The quantitative estimate of drug-likeness (QED) is 0.579. The van der Waals surface area contributed by atoms with Crippen LogP contribution in [-0.2, 0) is 9.59 Å². The minimum Gasteiger partial charge on any atom is -0.493 e. The zero-order chi connectivity index (χ0) is 22.7. The lowest BCUT2D eigenvalue weighted by molar-refractivity contribution is -0.118. The van der Waals surface area contributed by atoms with E-state index in [0.717, 1.165) is 40.9 Å². The third-order valence-electron chi connectivity index (χ3n) is 5.58. The number of thiocarbonyl (C=S) groups is 1. The fraction of sp³-hybridized carbons (Fsp3) is 0.292. The molecule has 0 saturated carbocycles. The molecule has 0 aromatic heterocycles. The number of ether oxygens (including phenoxy) is 2. The average Bonchev–Trinajstić information content (AvgIpc) is 2.78. The highest BCUT2D eigenvalue weighted by Crippen LogP contribution is 2.37. The topological polar surface area (TPSA) is 88.7 Å². The van der Waals surface area contributed by atoms with Gasteiger partial charge in [0.25, 0.3) is 5.91 Å². The summed E-state index contributed by atoms with van der Waals surface area (Å²) in [5.74, 6) is 0.768. The molecule has 2 aromatic rings. The van der Waals surface area contributed by atoms with Gasteiger partial charge < -0.3 is 25.4 Å². The molecule has 3 N–H and O–H groups in total. The summed E-state index contributed by atoms with van der Waals surface area (Å²) in [4.78, 5) is 24.9. The number of hydrogen-bond acceptors (Lipinski definition) is 5. The van der Waals surface area contributed by atoms with Crippen LogP contribution in [-0.4, -0.2) is 30.5 Å². The number of rotatable bonds is 6. The Labute approximate surface area is 192 Å². The Hall–Kier alpha value is -3.39. The number of aryl methyl sites for hydroxylation is 1. The summed E-state index contributed by atoms with van der Waals surface area (Å²) in [5, 5.41) is 9.66. The number of anilines is 1. The summed E-state index contributed by atoms with van der Waals surface area (Å²) >= 11 is 5.34. The average molecular weight is 452 g/mol. The molecule has 1 aliphatic heterocycles. The highest BCUT2D eigenvalue weighted by Gasteiger charge is 2.33. The van der Waals surface area contributed by atoms with Crippen LogP contribution in [0.2, 0.25) is 0 Å². The lowest BCUT2D eigenvalue weighted by Gasteiger charge is -2.34. The Morgan fingerprint density at radius 1 is 1.19 bits per heavy atom. The molecule has 0 bridgehead atoms. The van der Waals surface area contributed by atoms with Gasteiger partial charge in [-0.05, 0) is 61.3 Å². The molecule has 2 aromatic carbocycles. The molecule has 0 radical (unpaired) electrons. The largest absolute Gasteiger partial charge is 0.493 e. The first-order valence-electron chi connectivity index (χ1n) is 10.5. The standard InChI is InChI=1S/C24H25N3O4S/c1-14-6-3-4-7-16(14)25-21(29)13-31-19-11-10-15(12-20(19)30-2)23-22-17(26-24(32)27-23)8-5-9-18(22)28/h3-4,6-7,10-12,23H,5,8-9,13H2,1-2H3,(H,25,29)(H2,26,27,32)/t23-/m1/s1. The number of hydrogen-bond donors (Lipinski definition) is 3. The fourth-order valence-electron chi connectivity index (χ4n) is 3.98. The highest BCUT2D eigenvalue weighted by atomic mass is 32.1. The molecule has 8 heteroatoms. The smallest absolute Gasteiger partial charge is 0.262 e. The van der Waals surface area contributed by atoms with Gasteiger partial charge in [-0.1, -0.05) is 24.3 Å². The first-order chi connectivity index (χ1) is 15.5. The maximum Gasteiger partial charge on any atom is 0.262 e. The number of nitrogens with one attached hydrogen (secondary N) is 3. The maximum absolute atomic E-state index is 12.6. The zero-order valence-corrected chi connectivity index (χ0v) is 18.8. The van der Waals surface area contributed by atoms with E-state index in [4.69, 9.17) is 21.7 Å². The fourth-order valence-corrected chi connectivity index (χ4v) is 4.22. The lowest BCUT2D eigenvalue weighted by Crippen LogP contribution is -2.46. The van der Waals surface area contributed by atoms with Crippen molar-refractivity contribution < 1.29 is 19.1 Å². The van der Waals surface area contributed by atoms with Crippen molar-refractivity contribution in [2.24, 2.45) is 0 Å². The summed E-state index contributed by atoms with van der Waals surface area (Å²) in [5.41, 5.74) is 4.17. The predicted octanol–water partition coefficient (Wildman–Crippen LogP) is 3.55. The van der Waals surface area contributed by atoms with E-state index >= 15 is 0 Å². The molecular formula is C24H25N3O4S. The third kappa shape index (κ3) is 4.60. The van der Waals surface area contributed by atoms with E-state index < -0.39 is 0 Å². The molecule has 1 aliphatic carbocycles. The van der Waals surface area contributed by atoms with Crippen LogP contribution in [0.4, 0.5) is 5.69 Å². The van der Waals surface area contributed by atoms with Crippen molar-refractivity contribution in [2.45, 2.75) is 32.2 Å². The van der Waals surface area contributed by atoms with Crippen molar-refractivity contribution in [1.82, 2.24) is 10.6 Å². The van der Waals surface area contributed by atoms with Gasteiger partial charge in [0.15, 0.2) is 29.0 Å². The van der Waals surface area contributed by atoms with E-state index in [2.05, 4.69) is 16.0 Å². The summed E-state index contributed by atoms with van der Waals surface area (Å²) in [6.07, 6.45) is 2.15. The van der Waals surface area contributed by atoms with Crippen molar-refractivity contribution in [1.29, 1.82) is 0 Å². The molecule has 166 valence electrons. The molecule has 0 spiro atoms. The first-order valence-corrected chi connectivity index (χ1v) is 10.9. The van der Waals surface area contributed by atoms with E-state index in [1.807, 2.05) is 43.3 Å². The van der Waals surface area contributed by atoms with Crippen molar-refractivity contribution in [3.05, 3.63) is 64.9 Å². The van der Waals surface area contributed by atoms with Gasteiger partial charge in [-0.3, -0.25) is 9.59 Å². The molecule has 4 rings (SSSR count).